The van der Waals surface area contributed by atoms with Crippen LogP contribution in [0.5, 0.6) is 0 Å². The van der Waals surface area contributed by atoms with E-state index in [1.807, 2.05) is 0 Å². The monoisotopic (exact) mass is 240 g/mol. The minimum Gasteiger partial charge on any atom is -0.375 e. The highest BCUT2D eigenvalue weighted by molar-refractivity contribution is 5.06. The van der Waals surface area contributed by atoms with Crippen LogP contribution in [0.3, 0.4) is 0 Å². The van der Waals surface area contributed by atoms with Crippen LogP contribution in [0.4, 0.5) is 0 Å². The molecule has 2 unspecified atom stereocenters. The molecule has 2 fully saturated rings. The van der Waals surface area contributed by atoms with Gasteiger partial charge in [0.2, 0.25) is 0 Å². The molecule has 0 aromatic carbocycles. The van der Waals surface area contributed by atoms with Gasteiger partial charge in [-0.1, -0.05) is 26.7 Å². The number of rotatable bonds is 5. The summed E-state index contributed by atoms with van der Waals surface area (Å²) in [5.74, 6) is 1.32. The van der Waals surface area contributed by atoms with E-state index in [1.54, 1.807) is 0 Å². The molecular formula is C15H28O2. The van der Waals surface area contributed by atoms with Crippen molar-refractivity contribution < 1.29 is 9.47 Å². The summed E-state index contributed by atoms with van der Waals surface area (Å²) < 4.78 is 12.0. The lowest BCUT2D eigenvalue weighted by Gasteiger charge is -2.41. The number of hydrogen-bond acceptors (Lipinski definition) is 2. The topological polar surface area (TPSA) is 21.8 Å². The fourth-order valence-corrected chi connectivity index (χ4v) is 3.29. The molecule has 2 heteroatoms. The number of epoxide rings is 1. The first-order valence-electron chi connectivity index (χ1n) is 7.24. The Hall–Kier alpha value is -0.0800. The lowest BCUT2D eigenvalue weighted by atomic mass is 9.71. The minimum absolute atomic E-state index is 0.0220. The molecule has 2 nitrogen and oxygen atoms in total. The molecule has 100 valence electrons. The zero-order valence-electron chi connectivity index (χ0n) is 11.9. The molecule has 2 aliphatic rings. The predicted molar refractivity (Wildman–Crippen MR) is 70.1 cm³/mol. The van der Waals surface area contributed by atoms with E-state index in [0.717, 1.165) is 25.6 Å². The van der Waals surface area contributed by atoms with E-state index < -0.39 is 0 Å². The summed E-state index contributed by atoms with van der Waals surface area (Å²) in [7, 11) is 0. The van der Waals surface area contributed by atoms with Gasteiger partial charge in [0, 0.05) is 12.5 Å². The van der Waals surface area contributed by atoms with E-state index >= 15 is 0 Å². The van der Waals surface area contributed by atoms with Crippen molar-refractivity contribution in [2.75, 3.05) is 13.2 Å². The van der Waals surface area contributed by atoms with Crippen molar-refractivity contribution in [1.29, 1.82) is 0 Å². The van der Waals surface area contributed by atoms with Gasteiger partial charge in [-0.2, -0.15) is 0 Å². The summed E-state index contributed by atoms with van der Waals surface area (Å²) in [5, 5.41) is 0. The summed E-state index contributed by atoms with van der Waals surface area (Å²) in [5.41, 5.74) is 0.172. The fourth-order valence-electron chi connectivity index (χ4n) is 3.29. The maximum absolute atomic E-state index is 6.18. The van der Waals surface area contributed by atoms with Gasteiger partial charge in [-0.05, 0) is 39.0 Å². The van der Waals surface area contributed by atoms with Crippen LogP contribution in [0.1, 0.15) is 59.8 Å². The molecule has 1 heterocycles. The molecule has 0 amide bonds. The first kappa shape index (κ1) is 13.4. The first-order valence-corrected chi connectivity index (χ1v) is 7.24. The van der Waals surface area contributed by atoms with Crippen LogP contribution < -0.4 is 0 Å². The van der Waals surface area contributed by atoms with E-state index in [4.69, 9.17) is 9.47 Å². The first-order chi connectivity index (χ1) is 7.96. The highest BCUT2D eigenvalue weighted by Crippen LogP contribution is 2.51. The van der Waals surface area contributed by atoms with Crippen molar-refractivity contribution in [2.45, 2.75) is 71.0 Å². The van der Waals surface area contributed by atoms with Gasteiger partial charge in [-0.25, -0.2) is 0 Å². The number of ether oxygens (including phenoxy) is 2. The molecule has 1 saturated heterocycles. The van der Waals surface area contributed by atoms with Gasteiger partial charge in [0.25, 0.3) is 0 Å². The van der Waals surface area contributed by atoms with E-state index in [-0.39, 0.29) is 11.2 Å². The van der Waals surface area contributed by atoms with Gasteiger partial charge in [0.05, 0.1) is 17.8 Å². The maximum Gasteiger partial charge on any atom is 0.0971 e. The Morgan fingerprint density at radius 3 is 2.65 bits per heavy atom. The van der Waals surface area contributed by atoms with Crippen LogP contribution >= 0.6 is 0 Å². The SMILES string of the molecule is CC(C)CCOC(C)(C)C1CCCCC12CO2. The Bertz CT molecular complexity index is 254. The largest absolute Gasteiger partial charge is 0.375 e. The van der Waals surface area contributed by atoms with Gasteiger partial charge in [0.1, 0.15) is 0 Å². The normalized spacial score (nSPS) is 33.4. The van der Waals surface area contributed by atoms with Gasteiger partial charge >= 0.3 is 0 Å². The lowest BCUT2D eigenvalue weighted by molar-refractivity contribution is -0.0965. The highest BCUT2D eigenvalue weighted by Gasteiger charge is 2.57. The quantitative estimate of drug-likeness (QED) is 0.682. The second-order valence-electron chi connectivity index (χ2n) is 6.79. The standard InChI is InChI=1S/C15H28O2/c1-12(2)8-10-16-14(3,4)13-7-5-6-9-15(13)11-17-15/h12-13H,5-11H2,1-4H3. The van der Waals surface area contributed by atoms with Gasteiger partial charge in [-0.15, -0.1) is 0 Å². The van der Waals surface area contributed by atoms with Gasteiger partial charge in [0.15, 0.2) is 0 Å². The van der Waals surface area contributed by atoms with Crippen LogP contribution in [-0.2, 0) is 9.47 Å². The minimum atomic E-state index is -0.0220. The Labute approximate surface area is 106 Å². The molecular weight excluding hydrogens is 212 g/mol. The number of hydrogen-bond donors (Lipinski definition) is 0. The Morgan fingerprint density at radius 2 is 2.06 bits per heavy atom. The maximum atomic E-state index is 6.18. The van der Waals surface area contributed by atoms with Crippen molar-refractivity contribution >= 4 is 0 Å². The van der Waals surface area contributed by atoms with Gasteiger partial charge in [-0.3, -0.25) is 0 Å². The smallest absolute Gasteiger partial charge is 0.0971 e. The van der Waals surface area contributed by atoms with E-state index in [2.05, 4.69) is 27.7 Å². The summed E-state index contributed by atoms with van der Waals surface area (Å²) in [6.07, 6.45) is 6.35. The Balaban J connectivity index is 1.89. The Morgan fingerprint density at radius 1 is 1.35 bits per heavy atom. The van der Waals surface area contributed by atoms with Crippen molar-refractivity contribution in [3.63, 3.8) is 0 Å². The molecule has 0 aromatic heterocycles. The zero-order chi connectivity index (χ0) is 12.5. The molecule has 1 aliphatic heterocycles. The average molecular weight is 240 g/mol. The molecule has 2 atom stereocenters. The molecule has 1 spiro atoms. The molecule has 1 aliphatic carbocycles. The molecule has 0 N–H and O–H groups in total. The molecule has 1 saturated carbocycles. The van der Waals surface area contributed by atoms with Crippen LogP contribution in [0.2, 0.25) is 0 Å². The van der Waals surface area contributed by atoms with Crippen LogP contribution in [-0.4, -0.2) is 24.4 Å². The third kappa shape index (κ3) is 3.03. The average Bonchev–Trinajstić information content (AvgIpc) is 2.97. The van der Waals surface area contributed by atoms with Crippen molar-refractivity contribution in [2.24, 2.45) is 11.8 Å². The highest BCUT2D eigenvalue weighted by atomic mass is 16.6. The molecule has 17 heavy (non-hydrogen) atoms. The third-order valence-corrected chi connectivity index (χ3v) is 4.50. The van der Waals surface area contributed by atoms with Gasteiger partial charge < -0.3 is 9.47 Å². The summed E-state index contributed by atoms with van der Waals surface area (Å²) >= 11 is 0. The molecule has 0 radical (unpaired) electrons. The predicted octanol–water partition coefficient (Wildman–Crippen LogP) is 3.79. The van der Waals surface area contributed by atoms with E-state index in [1.165, 1.54) is 25.7 Å². The van der Waals surface area contributed by atoms with Crippen molar-refractivity contribution in [1.82, 2.24) is 0 Å². The van der Waals surface area contributed by atoms with Crippen molar-refractivity contribution in [3.8, 4) is 0 Å². The van der Waals surface area contributed by atoms with Crippen molar-refractivity contribution in [3.05, 3.63) is 0 Å². The second kappa shape index (κ2) is 4.89. The second-order valence-corrected chi connectivity index (χ2v) is 6.79. The summed E-state index contributed by atoms with van der Waals surface area (Å²) in [6.45, 7) is 10.9. The van der Waals surface area contributed by atoms with Crippen LogP contribution in [0.25, 0.3) is 0 Å². The third-order valence-electron chi connectivity index (χ3n) is 4.50. The Kier molecular flexibility index (Phi) is 3.84. The van der Waals surface area contributed by atoms with E-state index in [9.17, 15) is 0 Å². The zero-order valence-corrected chi connectivity index (χ0v) is 11.9. The lowest BCUT2D eigenvalue weighted by Crippen LogP contribution is -2.45. The molecule has 0 aromatic rings. The molecule has 0 bridgehead atoms. The molecule has 2 rings (SSSR count). The van der Waals surface area contributed by atoms with E-state index in [0.29, 0.717) is 5.92 Å². The summed E-state index contributed by atoms with van der Waals surface area (Å²) in [4.78, 5) is 0. The summed E-state index contributed by atoms with van der Waals surface area (Å²) in [6, 6.07) is 0. The van der Waals surface area contributed by atoms with Crippen LogP contribution in [0.15, 0.2) is 0 Å². The fraction of sp³-hybridized carbons (Fsp3) is 1.00. The van der Waals surface area contributed by atoms with Crippen LogP contribution in [0, 0.1) is 11.8 Å².